The first-order chi connectivity index (χ1) is 29.9. The van der Waals surface area contributed by atoms with E-state index in [-0.39, 0.29) is 52.6 Å². The van der Waals surface area contributed by atoms with E-state index in [1.54, 1.807) is 0 Å². The molecule has 64 heavy (non-hydrogen) atoms. The third-order valence-electron chi connectivity index (χ3n) is 19.1. The van der Waals surface area contributed by atoms with Gasteiger partial charge in [0.15, 0.2) is 18.9 Å². The van der Waals surface area contributed by atoms with E-state index in [1.807, 2.05) is 6.92 Å². The van der Waals surface area contributed by atoms with Crippen molar-refractivity contribution in [3.05, 3.63) is 11.6 Å². The van der Waals surface area contributed by atoms with E-state index in [2.05, 4.69) is 40.7 Å². The maximum Gasteiger partial charge on any atom is 0.310 e. The van der Waals surface area contributed by atoms with Crippen molar-refractivity contribution in [3.8, 4) is 0 Å². The summed E-state index contributed by atoms with van der Waals surface area (Å²) in [4.78, 5) is 13.1. The molecule has 3 saturated heterocycles. The van der Waals surface area contributed by atoms with E-state index < -0.39 is 116 Å². The number of allylic oxidation sites excluding steroid dienone is 2. The minimum atomic E-state index is -1.87. The minimum absolute atomic E-state index is 0.00483. The highest BCUT2D eigenvalue weighted by Gasteiger charge is 2.70. The van der Waals surface area contributed by atoms with Gasteiger partial charge in [0.05, 0.1) is 37.4 Å². The number of aliphatic carboxylic acids is 1. The topological polar surface area (TPSA) is 275 Å². The van der Waals surface area contributed by atoms with Crippen LogP contribution in [0.15, 0.2) is 11.6 Å². The summed E-state index contributed by atoms with van der Waals surface area (Å²) in [5.74, 6) is -0.403. The molecule has 4 saturated carbocycles. The Kier molecular flexibility index (Phi) is 13.2. The SMILES string of the molecule is C[C@@H]1O[C@@H](O[C@H]2[C@H](O)[C@@H](O)C(OC3[C@H](O[C@H]4CC[C@@]5(C)[C@@H](CC[C@]6(C)[C@@H]5CC=C5[C@@H]7CC(C)(C)CC[C@]7(C(=O)O)CC[C@]56C)[C@]4(C)CO)OC[C@H](O)[C@@H]3O)O[C@@H]2CO)[C@H](O)[C@H](O)[C@H]1O. The molecule has 366 valence electrons. The predicted molar refractivity (Wildman–Crippen MR) is 225 cm³/mol. The Hall–Kier alpha value is -1.39. The van der Waals surface area contributed by atoms with Crippen LogP contribution in [0.3, 0.4) is 0 Å². The summed E-state index contributed by atoms with van der Waals surface area (Å²) in [5.41, 5.74) is -0.630. The van der Waals surface area contributed by atoms with Crippen molar-refractivity contribution < 1.29 is 84.3 Å². The Morgan fingerprint density at radius 1 is 0.719 bits per heavy atom. The Morgan fingerprint density at radius 2 is 1.38 bits per heavy atom. The number of aliphatic hydroxyl groups excluding tert-OH is 9. The van der Waals surface area contributed by atoms with Crippen molar-refractivity contribution in [3.63, 3.8) is 0 Å². The van der Waals surface area contributed by atoms with Crippen LogP contribution in [0.5, 0.6) is 0 Å². The van der Waals surface area contributed by atoms with Gasteiger partial charge in [-0.3, -0.25) is 4.79 Å². The van der Waals surface area contributed by atoms with Crippen molar-refractivity contribution in [1.82, 2.24) is 0 Å². The number of carboxylic acids is 1. The lowest BCUT2D eigenvalue weighted by Gasteiger charge is -2.71. The largest absolute Gasteiger partial charge is 0.481 e. The fourth-order valence-corrected chi connectivity index (χ4v) is 14.8. The molecule has 3 aliphatic heterocycles. The molecule has 0 radical (unpaired) electrons. The second-order valence-corrected chi connectivity index (χ2v) is 22.9. The highest BCUT2D eigenvalue weighted by Crippen LogP contribution is 2.76. The van der Waals surface area contributed by atoms with Gasteiger partial charge >= 0.3 is 5.97 Å². The van der Waals surface area contributed by atoms with E-state index in [1.165, 1.54) is 12.5 Å². The Bertz CT molecular complexity index is 1750. The molecule has 17 nitrogen and oxygen atoms in total. The van der Waals surface area contributed by atoms with Crippen LogP contribution in [0.25, 0.3) is 0 Å². The summed E-state index contributed by atoms with van der Waals surface area (Å²) >= 11 is 0. The first-order valence-electron chi connectivity index (χ1n) is 23.7. The molecule has 0 aromatic carbocycles. The highest BCUT2D eigenvalue weighted by atomic mass is 16.8. The van der Waals surface area contributed by atoms with Gasteiger partial charge < -0.3 is 79.5 Å². The Labute approximate surface area is 376 Å². The van der Waals surface area contributed by atoms with Crippen molar-refractivity contribution in [2.24, 2.45) is 50.2 Å². The van der Waals surface area contributed by atoms with E-state index in [4.69, 9.17) is 28.4 Å². The number of hydrogen-bond donors (Lipinski definition) is 10. The summed E-state index contributed by atoms with van der Waals surface area (Å²) in [6.07, 6.45) is -11.9. The summed E-state index contributed by atoms with van der Waals surface area (Å²) in [6.45, 7) is 14.0. The van der Waals surface area contributed by atoms with Crippen LogP contribution in [0, 0.1) is 50.2 Å². The van der Waals surface area contributed by atoms with Crippen molar-refractivity contribution in [2.45, 2.75) is 205 Å². The number of carboxylic acid groups (broad SMARTS) is 1. The molecule has 7 fully saturated rings. The fourth-order valence-electron chi connectivity index (χ4n) is 14.8. The zero-order chi connectivity index (χ0) is 46.7. The van der Waals surface area contributed by atoms with Crippen molar-refractivity contribution >= 4 is 5.97 Å². The molecule has 17 heteroatoms. The van der Waals surface area contributed by atoms with Crippen molar-refractivity contribution in [2.75, 3.05) is 19.8 Å². The smallest absolute Gasteiger partial charge is 0.310 e. The maximum absolute atomic E-state index is 13.1. The number of fused-ring (bicyclic) bond motifs is 7. The summed E-state index contributed by atoms with van der Waals surface area (Å²) in [5, 5.41) is 108. The molecule has 0 aromatic rings. The van der Waals surface area contributed by atoms with Gasteiger partial charge in [-0.2, -0.15) is 0 Å². The lowest BCUT2D eigenvalue weighted by molar-refractivity contribution is -0.383. The van der Waals surface area contributed by atoms with E-state index in [9.17, 15) is 55.9 Å². The zero-order valence-corrected chi connectivity index (χ0v) is 38.5. The van der Waals surface area contributed by atoms with E-state index >= 15 is 0 Å². The van der Waals surface area contributed by atoms with Crippen LogP contribution in [-0.4, -0.2) is 169 Å². The van der Waals surface area contributed by atoms with Crippen LogP contribution in [0.2, 0.25) is 0 Å². The molecule has 5 aliphatic carbocycles. The lowest BCUT2D eigenvalue weighted by Crippen LogP contribution is -2.67. The monoisotopic (exact) mass is 913 g/mol. The van der Waals surface area contributed by atoms with Crippen LogP contribution in [0.4, 0.5) is 0 Å². The van der Waals surface area contributed by atoms with Crippen LogP contribution in [-0.2, 0) is 33.2 Å². The zero-order valence-electron chi connectivity index (χ0n) is 38.5. The Morgan fingerprint density at radius 3 is 2.05 bits per heavy atom. The van der Waals surface area contributed by atoms with Crippen molar-refractivity contribution in [1.29, 1.82) is 0 Å². The van der Waals surface area contributed by atoms with Crippen LogP contribution in [0.1, 0.15) is 113 Å². The molecule has 3 heterocycles. The third kappa shape index (κ3) is 7.49. The molecule has 0 aromatic heterocycles. The molecule has 23 atom stereocenters. The van der Waals surface area contributed by atoms with Gasteiger partial charge in [-0.05, 0) is 111 Å². The number of rotatable bonds is 9. The van der Waals surface area contributed by atoms with Gasteiger partial charge in [0.25, 0.3) is 0 Å². The molecule has 0 spiro atoms. The van der Waals surface area contributed by atoms with E-state index in [0.29, 0.717) is 19.3 Å². The number of aliphatic hydroxyl groups is 9. The molecule has 0 amide bonds. The van der Waals surface area contributed by atoms with Gasteiger partial charge in [0.1, 0.15) is 61.0 Å². The van der Waals surface area contributed by atoms with Gasteiger partial charge in [0.2, 0.25) is 0 Å². The van der Waals surface area contributed by atoms with Gasteiger partial charge in [0, 0.05) is 5.41 Å². The average Bonchev–Trinajstić information content (AvgIpc) is 3.24. The number of carbonyl (C=O) groups is 1. The first-order valence-corrected chi connectivity index (χ1v) is 23.7. The standard InChI is InChI=1S/C47H76O17/c1-22-30(51)32(53)34(55)38(60-22)63-36-26(19-48)61-39(35(56)33(36)54)64-37-31(52)25(50)20-59-40(37)62-29-11-12-43(4)27(44(29,5)21-49)10-13-46(7)28(43)9-8-23-24-18-42(2,3)14-16-47(24,41(57)58)17-15-45(23,46)6/h8,22,24-40,48-56H,9-21H2,1-7H3,(H,57,58)/t22-,24-,25-,26+,27+,28+,29-,30-,31-,32+,33+,34+,35+,36+,37?,38-,39?,40-,43-,44-,45+,46+,47-/m0/s1. The normalized spacial score (nSPS) is 55.0. The lowest BCUT2D eigenvalue weighted by atomic mass is 9.33. The average molecular weight is 913 g/mol. The maximum atomic E-state index is 13.1. The molecule has 10 N–H and O–H groups in total. The molecular formula is C47H76O17. The summed E-state index contributed by atoms with van der Waals surface area (Å²) in [6, 6.07) is 0. The highest BCUT2D eigenvalue weighted by molar-refractivity contribution is 5.76. The fraction of sp³-hybridized carbons (Fsp3) is 0.936. The van der Waals surface area contributed by atoms with Gasteiger partial charge in [-0.1, -0.05) is 53.2 Å². The molecular weight excluding hydrogens is 837 g/mol. The number of ether oxygens (including phenoxy) is 6. The summed E-state index contributed by atoms with van der Waals surface area (Å²) < 4.78 is 36.0. The number of hydrogen-bond acceptors (Lipinski definition) is 16. The molecule has 0 bridgehead atoms. The second-order valence-electron chi connectivity index (χ2n) is 22.9. The van der Waals surface area contributed by atoms with Gasteiger partial charge in [-0.25, -0.2) is 0 Å². The summed E-state index contributed by atoms with van der Waals surface area (Å²) in [7, 11) is 0. The first kappa shape index (κ1) is 49.0. The second kappa shape index (κ2) is 17.2. The molecule has 8 rings (SSSR count). The predicted octanol–water partition coefficient (Wildman–Crippen LogP) is 1.35. The quantitative estimate of drug-likeness (QED) is 0.116. The molecule has 2 unspecified atom stereocenters. The third-order valence-corrected chi connectivity index (χ3v) is 19.1. The minimum Gasteiger partial charge on any atom is -0.481 e. The molecule has 8 aliphatic rings. The van der Waals surface area contributed by atoms with Crippen LogP contribution < -0.4 is 0 Å². The van der Waals surface area contributed by atoms with Crippen LogP contribution >= 0.6 is 0 Å². The Balaban J connectivity index is 1.00. The van der Waals surface area contributed by atoms with Gasteiger partial charge in [-0.15, -0.1) is 0 Å². The van der Waals surface area contributed by atoms with E-state index in [0.717, 1.165) is 44.9 Å².